The van der Waals surface area contributed by atoms with E-state index in [1.807, 2.05) is 32.0 Å². The lowest BCUT2D eigenvalue weighted by Crippen LogP contribution is -2.21. The topological polar surface area (TPSA) is 83.8 Å². The van der Waals surface area contributed by atoms with Gasteiger partial charge in [-0.15, -0.1) is 0 Å². The summed E-state index contributed by atoms with van der Waals surface area (Å²) in [5.41, 5.74) is 7.45. The Balaban J connectivity index is 1.95. The van der Waals surface area contributed by atoms with Crippen molar-refractivity contribution in [3.05, 3.63) is 24.4 Å². The predicted octanol–water partition coefficient (Wildman–Crippen LogP) is 2.66. The van der Waals surface area contributed by atoms with E-state index >= 15 is 0 Å². The average Bonchev–Trinajstić information content (AvgIpc) is 2.87. The van der Waals surface area contributed by atoms with Crippen LogP contribution in [0.1, 0.15) is 33.1 Å². The number of hydrogen-bond acceptors (Lipinski definition) is 3. The molecule has 1 aromatic heterocycles. The maximum Gasteiger partial charge on any atom is 0.227 e. The summed E-state index contributed by atoms with van der Waals surface area (Å²) in [6.07, 6.45) is 4.51. The fourth-order valence-corrected chi connectivity index (χ4v) is 2.21. The van der Waals surface area contributed by atoms with Gasteiger partial charge in [0.05, 0.1) is 17.4 Å². The van der Waals surface area contributed by atoms with Gasteiger partial charge >= 0.3 is 0 Å². The van der Waals surface area contributed by atoms with Crippen LogP contribution < -0.4 is 11.1 Å². The van der Waals surface area contributed by atoms with Gasteiger partial charge in [-0.1, -0.05) is 19.4 Å². The molecule has 0 saturated heterocycles. The van der Waals surface area contributed by atoms with Crippen molar-refractivity contribution in [3.8, 4) is 0 Å². The summed E-state index contributed by atoms with van der Waals surface area (Å²) < 4.78 is 0. The number of carbonyl (C=O) groups is 1. The standard InChI is InChI=1S/C15H22N4O/c1-10(5-3-6-11(2)16)15(20)18-13-7-4-8-14-12(13)9-17-19-14/h4,7-11H,3,5-6,16H2,1-2H3,(H,17,19)(H,18,20). The molecule has 0 saturated carbocycles. The Kier molecular flexibility index (Phi) is 4.74. The average molecular weight is 274 g/mol. The van der Waals surface area contributed by atoms with Crippen LogP contribution in [0.15, 0.2) is 24.4 Å². The number of anilines is 1. The minimum atomic E-state index is -0.0177. The van der Waals surface area contributed by atoms with Gasteiger partial charge in [0.15, 0.2) is 0 Å². The summed E-state index contributed by atoms with van der Waals surface area (Å²) in [6.45, 7) is 3.94. The number of hydrogen-bond donors (Lipinski definition) is 3. The number of aromatic amines is 1. The molecule has 1 aromatic carbocycles. The zero-order valence-electron chi connectivity index (χ0n) is 12.0. The number of fused-ring (bicyclic) bond motifs is 1. The molecule has 0 radical (unpaired) electrons. The van der Waals surface area contributed by atoms with Gasteiger partial charge in [0.1, 0.15) is 0 Å². The van der Waals surface area contributed by atoms with Crippen molar-refractivity contribution in [2.45, 2.75) is 39.2 Å². The molecule has 0 fully saturated rings. The zero-order valence-corrected chi connectivity index (χ0v) is 12.0. The molecule has 1 heterocycles. The van der Waals surface area contributed by atoms with Crippen molar-refractivity contribution in [2.75, 3.05) is 5.32 Å². The zero-order chi connectivity index (χ0) is 14.5. The van der Waals surface area contributed by atoms with Gasteiger partial charge in [0.2, 0.25) is 5.91 Å². The minimum Gasteiger partial charge on any atom is -0.328 e. The Morgan fingerprint density at radius 2 is 2.20 bits per heavy atom. The van der Waals surface area contributed by atoms with Gasteiger partial charge in [-0.05, 0) is 31.9 Å². The van der Waals surface area contributed by atoms with Crippen molar-refractivity contribution in [1.29, 1.82) is 0 Å². The first-order valence-electron chi connectivity index (χ1n) is 7.06. The number of benzene rings is 1. The monoisotopic (exact) mass is 274 g/mol. The molecule has 2 rings (SSSR count). The number of rotatable bonds is 6. The van der Waals surface area contributed by atoms with Crippen LogP contribution in [0.5, 0.6) is 0 Å². The summed E-state index contributed by atoms with van der Waals surface area (Å²) in [4.78, 5) is 12.2. The van der Waals surface area contributed by atoms with Crippen LogP contribution in [0.4, 0.5) is 5.69 Å². The van der Waals surface area contributed by atoms with Gasteiger partial charge < -0.3 is 11.1 Å². The molecular formula is C15H22N4O. The van der Waals surface area contributed by atoms with E-state index in [0.717, 1.165) is 35.9 Å². The smallest absolute Gasteiger partial charge is 0.227 e. The first kappa shape index (κ1) is 14.5. The SMILES string of the molecule is CC(N)CCCC(C)C(=O)Nc1cccc2[nH]ncc12. The third kappa shape index (κ3) is 3.57. The fraction of sp³-hybridized carbons (Fsp3) is 0.467. The van der Waals surface area contributed by atoms with Gasteiger partial charge in [-0.2, -0.15) is 5.10 Å². The Hall–Kier alpha value is -1.88. The molecule has 108 valence electrons. The van der Waals surface area contributed by atoms with Gasteiger partial charge in [-0.25, -0.2) is 0 Å². The van der Waals surface area contributed by atoms with Gasteiger partial charge in [0.25, 0.3) is 0 Å². The predicted molar refractivity (Wildman–Crippen MR) is 81.4 cm³/mol. The van der Waals surface area contributed by atoms with E-state index in [9.17, 15) is 4.79 Å². The summed E-state index contributed by atoms with van der Waals surface area (Å²) in [5, 5.41) is 10.8. The van der Waals surface area contributed by atoms with E-state index in [1.54, 1.807) is 6.20 Å². The first-order chi connectivity index (χ1) is 9.58. The molecule has 20 heavy (non-hydrogen) atoms. The molecule has 0 spiro atoms. The lowest BCUT2D eigenvalue weighted by molar-refractivity contribution is -0.119. The van der Waals surface area contributed by atoms with Crippen LogP contribution in [0.25, 0.3) is 10.9 Å². The summed E-state index contributed by atoms with van der Waals surface area (Å²) in [5.74, 6) is 0.0271. The molecule has 0 bridgehead atoms. The van der Waals surface area contributed by atoms with E-state index < -0.39 is 0 Å². The highest BCUT2D eigenvalue weighted by Gasteiger charge is 2.14. The molecule has 4 N–H and O–H groups in total. The van der Waals surface area contributed by atoms with E-state index in [2.05, 4.69) is 15.5 Å². The largest absolute Gasteiger partial charge is 0.328 e. The second-order valence-corrected chi connectivity index (χ2v) is 5.44. The number of carbonyl (C=O) groups excluding carboxylic acids is 1. The summed E-state index contributed by atoms with van der Waals surface area (Å²) in [6, 6.07) is 5.93. The molecule has 2 aromatic rings. The summed E-state index contributed by atoms with van der Waals surface area (Å²) >= 11 is 0. The Morgan fingerprint density at radius 1 is 1.40 bits per heavy atom. The van der Waals surface area contributed by atoms with E-state index in [1.165, 1.54) is 0 Å². The van der Waals surface area contributed by atoms with Crippen LogP contribution in [0, 0.1) is 5.92 Å². The fourth-order valence-electron chi connectivity index (χ4n) is 2.21. The molecular weight excluding hydrogens is 252 g/mol. The number of nitrogens with zero attached hydrogens (tertiary/aromatic N) is 1. The van der Waals surface area contributed by atoms with E-state index in [-0.39, 0.29) is 17.9 Å². The Labute approximate surface area is 118 Å². The third-order valence-corrected chi connectivity index (χ3v) is 3.49. The van der Waals surface area contributed by atoms with Crippen molar-refractivity contribution in [2.24, 2.45) is 11.7 Å². The maximum atomic E-state index is 12.2. The lowest BCUT2D eigenvalue weighted by Gasteiger charge is -2.13. The highest BCUT2D eigenvalue weighted by molar-refractivity contribution is 6.01. The van der Waals surface area contributed by atoms with Crippen molar-refractivity contribution < 1.29 is 4.79 Å². The molecule has 2 atom stereocenters. The Morgan fingerprint density at radius 3 is 2.95 bits per heavy atom. The molecule has 0 aliphatic heterocycles. The van der Waals surface area contributed by atoms with Crippen LogP contribution in [-0.2, 0) is 4.79 Å². The highest BCUT2D eigenvalue weighted by atomic mass is 16.1. The normalized spacial score (nSPS) is 14.2. The molecule has 0 aliphatic carbocycles. The minimum absolute atomic E-state index is 0.0177. The Bertz CT molecular complexity index is 576. The first-order valence-corrected chi connectivity index (χ1v) is 7.06. The second-order valence-electron chi connectivity index (χ2n) is 5.44. The molecule has 1 amide bonds. The molecule has 5 nitrogen and oxygen atoms in total. The van der Waals surface area contributed by atoms with Gasteiger partial charge in [-0.3, -0.25) is 9.89 Å². The summed E-state index contributed by atoms with van der Waals surface area (Å²) in [7, 11) is 0. The molecule has 5 heteroatoms. The van der Waals surface area contributed by atoms with E-state index in [4.69, 9.17) is 5.73 Å². The van der Waals surface area contributed by atoms with Crippen molar-refractivity contribution in [1.82, 2.24) is 10.2 Å². The quantitative estimate of drug-likeness (QED) is 0.757. The maximum absolute atomic E-state index is 12.2. The van der Waals surface area contributed by atoms with Crippen molar-refractivity contribution in [3.63, 3.8) is 0 Å². The number of nitrogens with two attached hydrogens (primary N) is 1. The van der Waals surface area contributed by atoms with Crippen molar-refractivity contribution >= 4 is 22.5 Å². The van der Waals surface area contributed by atoms with Crippen LogP contribution in [0.2, 0.25) is 0 Å². The third-order valence-electron chi connectivity index (χ3n) is 3.49. The van der Waals surface area contributed by atoms with Crippen LogP contribution >= 0.6 is 0 Å². The highest BCUT2D eigenvalue weighted by Crippen LogP contribution is 2.22. The number of amides is 1. The molecule has 0 aliphatic rings. The second kappa shape index (κ2) is 6.52. The van der Waals surface area contributed by atoms with E-state index in [0.29, 0.717) is 0 Å². The number of aromatic nitrogens is 2. The van der Waals surface area contributed by atoms with Crippen LogP contribution in [0.3, 0.4) is 0 Å². The number of nitrogens with one attached hydrogen (secondary N) is 2. The van der Waals surface area contributed by atoms with Gasteiger partial charge in [0, 0.05) is 17.3 Å². The lowest BCUT2D eigenvalue weighted by atomic mass is 10.0. The molecule has 2 unspecified atom stereocenters. The number of H-pyrrole nitrogens is 1. The van der Waals surface area contributed by atoms with Crippen LogP contribution in [-0.4, -0.2) is 22.1 Å².